The van der Waals surface area contributed by atoms with Crippen LogP contribution in [0.5, 0.6) is 0 Å². The quantitative estimate of drug-likeness (QED) is 0.831. The molecule has 2 aromatic rings. The number of nitrogens with one attached hydrogen (secondary N) is 1. The number of carbonyl (C=O) groups is 1. The van der Waals surface area contributed by atoms with E-state index in [1.807, 2.05) is 30.1 Å². The maximum atomic E-state index is 11.7. The van der Waals surface area contributed by atoms with Crippen LogP contribution in [0.3, 0.4) is 0 Å². The molecule has 1 amide bonds. The van der Waals surface area contributed by atoms with Crippen LogP contribution in [0.1, 0.15) is 44.1 Å². The molecule has 0 saturated heterocycles. The van der Waals surface area contributed by atoms with Gasteiger partial charge in [-0.25, -0.2) is 4.98 Å². The van der Waals surface area contributed by atoms with Gasteiger partial charge in [-0.15, -0.1) is 11.6 Å². The molecule has 7 heteroatoms. The summed E-state index contributed by atoms with van der Waals surface area (Å²) in [6.45, 7) is 7.05. The predicted octanol–water partition coefficient (Wildman–Crippen LogP) is 2.16. The molecule has 6 nitrogen and oxygen atoms in total. The number of aryl methyl sites for hydroxylation is 3. The fourth-order valence-electron chi connectivity index (χ4n) is 2.52. The van der Waals surface area contributed by atoms with Gasteiger partial charge in [-0.2, -0.15) is 5.10 Å². The van der Waals surface area contributed by atoms with E-state index in [0.29, 0.717) is 19.5 Å². The van der Waals surface area contributed by atoms with Gasteiger partial charge in [0.25, 0.3) is 0 Å². The van der Waals surface area contributed by atoms with Crippen molar-refractivity contribution in [3.05, 3.63) is 11.5 Å². The topological polar surface area (TPSA) is 64.7 Å². The van der Waals surface area contributed by atoms with E-state index in [2.05, 4.69) is 22.3 Å². The van der Waals surface area contributed by atoms with Crippen molar-refractivity contribution in [1.82, 2.24) is 24.6 Å². The Kier molecular flexibility index (Phi) is 4.88. The van der Waals surface area contributed by atoms with E-state index in [-0.39, 0.29) is 11.3 Å². The Hall–Kier alpha value is -1.56. The molecule has 0 aliphatic heterocycles. The highest BCUT2D eigenvalue weighted by molar-refractivity contribution is 6.20. The lowest BCUT2D eigenvalue weighted by atomic mass is 10.3. The highest BCUT2D eigenvalue weighted by Crippen LogP contribution is 2.26. The van der Waals surface area contributed by atoms with E-state index in [1.165, 1.54) is 0 Å². The van der Waals surface area contributed by atoms with Gasteiger partial charge in [-0.3, -0.25) is 9.48 Å². The molecule has 0 spiro atoms. The first-order valence-corrected chi connectivity index (χ1v) is 7.75. The molecule has 0 aromatic carbocycles. The number of amides is 1. The minimum atomic E-state index is -0.212. The van der Waals surface area contributed by atoms with Crippen LogP contribution in [0.15, 0.2) is 0 Å². The van der Waals surface area contributed by atoms with Crippen LogP contribution < -0.4 is 5.32 Å². The lowest BCUT2D eigenvalue weighted by molar-refractivity contribution is -0.121. The molecule has 2 aromatic heterocycles. The summed E-state index contributed by atoms with van der Waals surface area (Å²) in [5.41, 5.74) is 2.78. The number of fused-ring (bicyclic) bond motifs is 1. The third-order valence-corrected chi connectivity index (χ3v) is 3.64. The number of nitrogens with zero attached hydrogens (tertiary/aromatic N) is 4. The Morgan fingerprint density at radius 2 is 2.14 bits per heavy atom. The number of aromatic nitrogens is 4. The number of carbonyl (C=O) groups excluding carboxylic acids is 1. The van der Waals surface area contributed by atoms with Gasteiger partial charge in [0.05, 0.1) is 11.1 Å². The SMILES string of the molecule is CCNC(=O)CCn1c(C(C)Cl)nc2c(CC)nn(C)c21. The third kappa shape index (κ3) is 3.05. The zero-order chi connectivity index (χ0) is 15.6. The molecule has 21 heavy (non-hydrogen) atoms. The van der Waals surface area contributed by atoms with Crippen molar-refractivity contribution >= 4 is 28.7 Å². The van der Waals surface area contributed by atoms with Gasteiger partial charge in [-0.05, 0) is 20.3 Å². The van der Waals surface area contributed by atoms with Crippen molar-refractivity contribution in [2.45, 2.75) is 45.5 Å². The summed E-state index contributed by atoms with van der Waals surface area (Å²) < 4.78 is 3.83. The van der Waals surface area contributed by atoms with Gasteiger partial charge in [-0.1, -0.05) is 6.92 Å². The first-order valence-electron chi connectivity index (χ1n) is 7.32. The second-order valence-corrected chi connectivity index (χ2v) is 5.69. The molecule has 1 atom stereocenters. The van der Waals surface area contributed by atoms with Crippen molar-refractivity contribution < 1.29 is 4.79 Å². The molecule has 1 unspecified atom stereocenters. The van der Waals surface area contributed by atoms with Crippen LogP contribution in [0.2, 0.25) is 0 Å². The summed E-state index contributed by atoms with van der Waals surface area (Å²) in [7, 11) is 1.90. The van der Waals surface area contributed by atoms with Crippen molar-refractivity contribution in [2.75, 3.05) is 6.54 Å². The monoisotopic (exact) mass is 311 g/mol. The van der Waals surface area contributed by atoms with E-state index in [4.69, 9.17) is 11.6 Å². The summed E-state index contributed by atoms with van der Waals surface area (Å²) in [5, 5.41) is 7.08. The molecule has 0 radical (unpaired) electrons. The van der Waals surface area contributed by atoms with E-state index >= 15 is 0 Å². The summed E-state index contributed by atoms with van der Waals surface area (Å²) in [6, 6.07) is 0. The second-order valence-electron chi connectivity index (χ2n) is 5.04. The van der Waals surface area contributed by atoms with E-state index in [1.54, 1.807) is 0 Å². The highest BCUT2D eigenvalue weighted by atomic mass is 35.5. The Morgan fingerprint density at radius 1 is 1.43 bits per heavy atom. The largest absolute Gasteiger partial charge is 0.356 e. The fraction of sp³-hybridized carbons (Fsp3) is 0.643. The van der Waals surface area contributed by atoms with Gasteiger partial charge in [0.1, 0.15) is 11.3 Å². The van der Waals surface area contributed by atoms with Gasteiger partial charge >= 0.3 is 0 Å². The normalized spacial score (nSPS) is 12.8. The molecule has 0 saturated carbocycles. The lowest BCUT2D eigenvalue weighted by Gasteiger charge is -2.10. The van der Waals surface area contributed by atoms with Crippen LogP contribution >= 0.6 is 11.6 Å². The van der Waals surface area contributed by atoms with Gasteiger partial charge in [0.15, 0.2) is 5.65 Å². The first-order chi connectivity index (χ1) is 9.99. The molecule has 2 heterocycles. The number of alkyl halides is 1. The van der Waals surface area contributed by atoms with Crippen LogP contribution in [-0.2, 0) is 24.8 Å². The summed E-state index contributed by atoms with van der Waals surface area (Å²) >= 11 is 6.25. The zero-order valence-electron chi connectivity index (χ0n) is 13.0. The maximum absolute atomic E-state index is 11.7. The minimum Gasteiger partial charge on any atom is -0.356 e. The molecule has 2 rings (SSSR count). The molecule has 116 valence electrons. The molecular formula is C14H22ClN5O. The Labute approximate surface area is 129 Å². The minimum absolute atomic E-state index is 0.0328. The number of hydrogen-bond donors (Lipinski definition) is 1. The van der Waals surface area contributed by atoms with Gasteiger partial charge in [0.2, 0.25) is 5.91 Å². The summed E-state index contributed by atoms with van der Waals surface area (Å²) in [5.74, 6) is 0.823. The average molecular weight is 312 g/mol. The lowest BCUT2D eigenvalue weighted by Crippen LogP contribution is -2.24. The van der Waals surface area contributed by atoms with Crippen molar-refractivity contribution in [3.63, 3.8) is 0 Å². The number of rotatable bonds is 6. The molecule has 0 aliphatic carbocycles. The number of halogens is 1. The molecule has 0 bridgehead atoms. The van der Waals surface area contributed by atoms with Crippen molar-refractivity contribution in [1.29, 1.82) is 0 Å². The zero-order valence-corrected chi connectivity index (χ0v) is 13.7. The van der Waals surface area contributed by atoms with E-state index in [9.17, 15) is 4.79 Å². The third-order valence-electron chi connectivity index (χ3n) is 3.45. The molecule has 0 fully saturated rings. The number of hydrogen-bond acceptors (Lipinski definition) is 3. The Bertz CT molecular complexity index is 643. The number of imidazole rings is 1. The summed E-state index contributed by atoms with van der Waals surface area (Å²) in [6.07, 6.45) is 1.23. The van der Waals surface area contributed by atoms with Crippen LogP contribution in [-0.4, -0.2) is 31.8 Å². The first kappa shape index (κ1) is 15.8. The van der Waals surface area contributed by atoms with E-state index in [0.717, 1.165) is 29.1 Å². The van der Waals surface area contributed by atoms with Crippen LogP contribution in [0.4, 0.5) is 0 Å². The Balaban J connectivity index is 2.41. The summed E-state index contributed by atoms with van der Waals surface area (Å²) in [4.78, 5) is 16.3. The van der Waals surface area contributed by atoms with Gasteiger partial charge < -0.3 is 9.88 Å². The standard InChI is InChI=1S/C14H22ClN5O/c1-5-10-12-14(19(4)18-10)20(13(17-12)9(3)15)8-7-11(21)16-6-2/h9H,5-8H2,1-4H3,(H,16,21). The Morgan fingerprint density at radius 3 is 2.71 bits per heavy atom. The van der Waals surface area contributed by atoms with Crippen LogP contribution in [0.25, 0.3) is 11.2 Å². The predicted molar refractivity (Wildman–Crippen MR) is 83.4 cm³/mol. The van der Waals surface area contributed by atoms with Gasteiger partial charge in [0, 0.05) is 26.6 Å². The molecule has 1 N–H and O–H groups in total. The molecule has 0 aliphatic rings. The van der Waals surface area contributed by atoms with Crippen LogP contribution in [0, 0.1) is 0 Å². The average Bonchev–Trinajstić information content (AvgIpc) is 2.95. The highest BCUT2D eigenvalue weighted by Gasteiger charge is 2.21. The smallest absolute Gasteiger partial charge is 0.221 e. The van der Waals surface area contributed by atoms with E-state index < -0.39 is 0 Å². The van der Waals surface area contributed by atoms with Crippen molar-refractivity contribution in [3.8, 4) is 0 Å². The van der Waals surface area contributed by atoms with Crippen molar-refractivity contribution in [2.24, 2.45) is 7.05 Å². The fourth-order valence-corrected chi connectivity index (χ4v) is 2.69. The second kappa shape index (κ2) is 6.47. The molecular weight excluding hydrogens is 290 g/mol. The maximum Gasteiger partial charge on any atom is 0.221 e.